The van der Waals surface area contributed by atoms with Crippen LogP contribution in [0.5, 0.6) is 0 Å². The van der Waals surface area contributed by atoms with Crippen molar-refractivity contribution >= 4 is 11.9 Å². The molecule has 1 saturated carbocycles. The molecule has 0 aliphatic heterocycles. The molecule has 1 aliphatic rings. The van der Waals surface area contributed by atoms with Crippen LogP contribution >= 0.6 is 0 Å². The highest BCUT2D eigenvalue weighted by Crippen LogP contribution is 2.39. The Morgan fingerprint density at radius 2 is 2.06 bits per heavy atom. The number of allylic oxidation sites excluding steroid dienone is 2. The van der Waals surface area contributed by atoms with Gasteiger partial charge in [-0.3, -0.25) is 4.79 Å². The number of rotatable bonds is 3. The van der Waals surface area contributed by atoms with Crippen LogP contribution in [0, 0.1) is 5.41 Å². The molecular weight excluding hydrogens is 220 g/mol. The Morgan fingerprint density at radius 3 is 2.72 bits per heavy atom. The molecule has 94 valence electrons. The second-order valence-corrected chi connectivity index (χ2v) is 5.32. The number of hydrogen-bond donors (Lipinski definition) is 0. The Hall–Kier alpha value is -1.63. The van der Waals surface area contributed by atoms with E-state index in [2.05, 4.69) is 13.5 Å². The van der Waals surface area contributed by atoms with Gasteiger partial charge in [-0.2, -0.15) is 0 Å². The van der Waals surface area contributed by atoms with Crippen LogP contribution < -0.4 is 0 Å². The molecule has 0 spiro atoms. The zero-order valence-electron chi connectivity index (χ0n) is 11.0. The molecular formula is C17H20O. The van der Waals surface area contributed by atoms with Crippen LogP contribution in [-0.4, -0.2) is 5.78 Å². The highest BCUT2D eigenvalue weighted by Gasteiger charge is 2.36. The van der Waals surface area contributed by atoms with Gasteiger partial charge in [0.25, 0.3) is 0 Å². The first-order valence-corrected chi connectivity index (χ1v) is 6.57. The first kappa shape index (κ1) is 12.8. The molecule has 0 aromatic heterocycles. The lowest BCUT2D eigenvalue weighted by molar-refractivity contribution is -0.125. The first-order valence-electron chi connectivity index (χ1n) is 6.57. The van der Waals surface area contributed by atoms with Crippen LogP contribution in [-0.2, 0) is 4.79 Å². The minimum Gasteiger partial charge on any atom is -0.294 e. The van der Waals surface area contributed by atoms with Gasteiger partial charge in [0.1, 0.15) is 0 Å². The van der Waals surface area contributed by atoms with Crippen molar-refractivity contribution in [2.45, 2.75) is 32.6 Å². The molecule has 1 aromatic rings. The largest absolute Gasteiger partial charge is 0.294 e. The summed E-state index contributed by atoms with van der Waals surface area (Å²) in [5, 5.41) is 0. The smallest absolute Gasteiger partial charge is 0.165 e. The van der Waals surface area contributed by atoms with Crippen LogP contribution in [0.2, 0.25) is 0 Å². The molecule has 1 fully saturated rings. The molecule has 1 nitrogen and oxygen atoms in total. The van der Waals surface area contributed by atoms with Crippen molar-refractivity contribution in [3.63, 3.8) is 0 Å². The van der Waals surface area contributed by atoms with Crippen molar-refractivity contribution in [3.8, 4) is 0 Å². The Bertz CT molecular complexity index is 470. The fraction of sp³-hybridized carbons (Fsp3) is 0.353. The van der Waals surface area contributed by atoms with E-state index in [9.17, 15) is 4.79 Å². The van der Waals surface area contributed by atoms with Gasteiger partial charge < -0.3 is 0 Å². The van der Waals surface area contributed by atoms with Crippen LogP contribution in [0.25, 0.3) is 6.08 Å². The van der Waals surface area contributed by atoms with Crippen LogP contribution in [0.4, 0.5) is 0 Å². The number of Topliss-reactive ketones (excluding diaryl/α,β-unsaturated/α-hetero) is 1. The third-order valence-corrected chi connectivity index (χ3v) is 3.75. The normalized spacial score (nSPS) is 26.3. The predicted octanol–water partition coefficient (Wildman–Crippen LogP) is 4.41. The number of carbonyl (C=O) groups excluding carboxylic acids is 1. The molecule has 1 heteroatoms. The van der Waals surface area contributed by atoms with Crippen molar-refractivity contribution in [3.05, 3.63) is 54.1 Å². The Morgan fingerprint density at radius 1 is 1.33 bits per heavy atom. The molecule has 1 aliphatic carbocycles. The lowest BCUT2D eigenvalue weighted by Gasteiger charge is -2.32. The average molecular weight is 240 g/mol. The minimum absolute atomic E-state index is 0.236. The fourth-order valence-electron chi connectivity index (χ4n) is 2.69. The maximum absolute atomic E-state index is 12.5. The topological polar surface area (TPSA) is 17.1 Å². The molecule has 0 heterocycles. The van der Waals surface area contributed by atoms with E-state index in [1.165, 1.54) is 0 Å². The fourth-order valence-corrected chi connectivity index (χ4v) is 2.69. The van der Waals surface area contributed by atoms with Crippen LogP contribution in [0.3, 0.4) is 0 Å². The zero-order chi connectivity index (χ0) is 13.0. The molecule has 18 heavy (non-hydrogen) atoms. The van der Waals surface area contributed by atoms with E-state index in [-0.39, 0.29) is 5.41 Å². The van der Waals surface area contributed by atoms with E-state index in [0.29, 0.717) is 5.78 Å². The minimum atomic E-state index is -0.236. The molecule has 0 amide bonds. The summed E-state index contributed by atoms with van der Waals surface area (Å²) in [5.41, 5.74) is 1.85. The standard InChI is InChI=1S/C17H20O/c1-3-11-17(2)12-7-10-15(16(17)18)13-14-8-5-4-6-9-14/h3-6,8-9,13H,1,7,10-12H2,2H3/b15-13-/t17-/m0/s1. The van der Waals surface area contributed by atoms with E-state index < -0.39 is 0 Å². The Balaban J connectivity index is 2.27. The third kappa shape index (κ3) is 2.61. The molecule has 0 saturated heterocycles. The molecule has 2 rings (SSSR count). The second kappa shape index (κ2) is 5.34. The summed E-state index contributed by atoms with van der Waals surface area (Å²) in [5.74, 6) is 0.303. The lowest BCUT2D eigenvalue weighted by Crippen LogP contribution is -2.32. The van der Waals surface area contributed by atoms with Crippen molar-refractivity contribution in [1.29, 1.82) is 0 Å². The van der Waals surface area contributed by atoms with Gasteiger partial charge in [0.15, 0.2) is 5.78 Å². The van der Waals surface area contributed by atoms with E-state index in [4.69, 9.17) is 0 Å². The van der Waals surface area contributed by atoms with Crippen molar-refractivity contribution in [2.24, 2.45) is 5.41 Å². The third-order valence-electron chi connectivity index (χ3n) is 3.75. The number of carbonyl (C=O) groups is 1. The van der Waals surface area contributed by atoms with Crippen molar-refractivity contribution in [2.75, 3.05) is 0 Å². The summed E-state index contributed by atoms with van der Waals surface area (Å²) in [7, 11) is 0. The van der Waals surface area contributed by atoms with E-state index in [0.717, 1.165) is 36.8 Å². The zero-order valence-corrected chi connectivity index (χ0v) is 11.0. The number of benzene rings is 1. The number of ketones is 1. The SMILES string of the molecule is C=CC[C@@]1(C)CCC/C(=C/c2ccccc2)C1=O. The summed E-state index contributed by atoms with van der Waals surface area (Å²) in [4.78, 5) is 12.5. The highest BCUT2D eigenvalue weighted by molar-refractivity contribution is 6.04. The van der Waals surface area contributed by atoms with E-state index in [1.807, 2.05) is 42.5 Å². The van der Waals surface area contributed by atoms with Gasteiger partial charge in [-0.15, -0.1) is 6.58 Å². The summed E-state index contributed by atoms with van der Waals surface area (Å²) >= 11 is 0. The van der Waals surface area contributed by atoms with Gasteiger partial charge in [-0.1, -0.05) is 43.3 Å². The van der Waals surface area contributed by atoms with Gasteiger partial charge >= 0.3 is 0 Å². The highest BCUT2D eigenvalue weighted by atomic mass is 16.1. The molecule has 0 N–H and O–H groups in total. The molecule has 0 radical (unpaired) electrons. The summed E-state index contributed by atoms with van der Waals surface area (Å²) in [6.07, 6.45) is 7.66. The maximum Gasteiger partial charge on any atom is 0.165 e. The van der Waals surface area contributed by atoms with Crippen LogP contribution in [0.1, 0.15) is 38.2 Å². The Kier molecular flexibility index (Phi) is 3.81. The molecule has 0 unspecified atom stereocenters. The Labute approximate surface area is 109 Å². The van der Waals surface area contributed by atoms with Gasteiger partial charge in [-0.25, -0.2) is 0 Å². The van der Waals surface area contributed by atoms with Gasteiger partial charge in [0.05, 0.1) is 0 Å². The second-order valence-electron chi connectivity index (χ2n) is 5.32. The first-order chi connectivity index (χ1) is 8.65. The van der Waals surface area contributed by atoms with Gasteiger partial charge in [0.2, 0.25) is 0 Å². The molecule has 1 aromatic carbocycles. The summed E-state index contributed by atoms with van der Waals surface area (Å²) in [6.45, 7) is 5.84. The maximum atomic E-state index is 12.5. The number of hydrogen-bond acceptors (Lipinski definition) is 1. The van der Waals surface area contributed by atoms with E-state index in [1.54, 1.807) is 0 Å². The lowest BCUT2D eigenvalue weighted by atomic mass is 9.70. The van der Waals surface area contributed by atoms with E-state index >= 15 is 0 Å². The average Bonchev–Trinajstić information content (AvgIpc) is 2.37. The van der Waals surface area contributed by atoms with Crippen LogP contribution in [0.15, 0.2) is 48.6 Å². The molecule has 1 atom stereocenters. The van der Waals surface area contributed by atoms with Crippen molar-refractivity contribution < 1.29 is 4.79 Å². The van der Waals surface area contributed by atoms with Gasteiger partial charge in [0, 0.05) is 5.41 Å². The molecule has 0 bridgehead atoms. The summed E-state index contributed by atoms with van der Waals surface area (Å²) < 4.78 is 0. The monoisotopic (exact) mass is 240 g/mol. The summed E-state index contributed by atoms with van der Waals surface area (Å²) in [6, 6.07) is 10.1. The van der Waals surface area contributed by atoms with Gasteiger partial charge in [-0.05, 0) is 42.9 Å². The van der Waals surface area contributed by atoms with Crippen molar-refractivity contribution in [1.82, 2.24) is 0 Å². The predicted molar refractivity (Wildman–Crippen MR) is 76.2 cm³/mol. The quantitative estimate of drug-likeness (QED) is 0.565.